The number of benzene rings is 1. The Morgan fingerprint density at radius 3 is 2.89 bits per heavy atom. The highest BCUT2D eigenvalue weighted by Crippen LogP contribution is 2.13. The molecule has 0 unspecified atom stereocenters. The third-order valence-electron chi connectivity index (χ3n) is 2.51. The highest BCUT2D eigenvalue weighted by Gasteiger charge is 2.15. The fourth-order valence-corrected chi connectivity index (χ4v) is 1.94. The van der Waals surface area contributed by atoms with E-state index in [1.807, 2.05) is 6.26 Å². The summed E-state index contributed by atoms with van der Waals surface area (Å²) in [4.78, 5) is 13.8. The van der Waals surface area contributed by atoms with Crippen molar-refractivity contribution < 1.29 is 9.18 Å². The SMILES string of the molecule is CSCCN(C)C(=O)c1ccc(F)cc1C#CCN. The molecule has 1 aromatic carbocycles. The lowest BCUT2D eigenvalue weighted by atomic mass is 10.1. The van der Waals surface area contributed by atoms with E-state index in [9.17, 15) is 9.18 Å². The summed E-state index contributed by atoms with van der Waals surface area (Å²) >= 11 is 1.66. The second kappa shape index (κ2) is 7.82. The van der Waals surface area contributed by atoms with Gasteiger partial charge < -0.3 is 10.6 Å². The average Bonchev–Trinajstić information content (AvgIpc) is 2.41. The number of carbonyl (C=O) groups is 1. The second-order valence-electron chi connectivity index (χ2n) is 3.92. The summed E-state index contributed by atoms with van der Waals surface area (Å²) in [6, 6.07) is 4.00. The van der Waals surface area contributed by atoms with Crippen molar-refractivity contribution in [3.05, 3.63) is 35.1 Å². The van der Waals surface area contributed by atoms with Gasteiger partial charge in [-0.15, -0.1) is 0 Å². The molecule has 102 valence electrons. The van der Waals surface area contributed by atoms with Crippen LogP contribution in [0.25, 0.3) is 0 Å². The first-order valence-corrected chi connectivity index (χ1v) is 7.22. The summed E-state index contributed by atoms with van der Waals surface area (Å²) in [7, 11) is 1.72. The predicted molar refractivity (Wildman–Crippen MR) is 77.7 cm³/mol. The van der Waals surface area contributed by atoms with E-state index >= 15 is 0 Å². The summed E-state index contributed by atoms with van der Waals surface area (Å²) < 4.78 is 13.2. The zero-order valence-electron chi connectivity index (χ0n) is 11.1. The number of thioether (sulfide) groups is 1. The van der Waals surface area contributed by atoms with Gasteiger partial charge in [0.2, 0.25) is 0 Å². The van der Waals surface area contributed by atoms with E-state index in [0.717, 1.165) is 5.75 Å². The summed E-state index contributed by atoms with van der Waals surface area (Å²) in [5.74, 6) is 5.67. The van der Waals surface area contributed by atoms with Crippen molar-refractivity contribution in [3.8, 4) is 11.8 Å². The van der Waals surface area contributed by atoms with E-state index in [2.05, 4.69) is 11.8 Å². The molecular weight excluding hydrogens is 263 g/mol. The van der Waals surface area contributed by atoms with Crippen LogP contribution in [0.4, 0.5) is 4.39 Å². The summed E-state index contributed by atoms with van der Waals surface area (Å²) in [6.45, 7) is 0.813. The van der Waals surface area contributed by atoms with Crippen molar-refractivity contribution in [1.82, 2.24) is 4.90 Å². The maximum atomic E-state index is 13.2. The molecule has 0 heterocycles. The summed E-state index contributed by atoms with van der Waals surface area (Å²) in [5, 5.41) is 0. The van der Waals surface area contributed by atoms with Crippen LogP contribution >= 0.6 is 11.8 Å². The lowest BCUT2D eigenvalue weighted by molar-refractivity contribution is 0.0803. The average molecular weight is 280 g/mol. The van der Waals surface area contributed by atoms with Gasteiger partial charge in [0.1, 0.15) is 5.82 Å². The number of hydrogen-bond acceptors (Lipinski definition) is 3. The topological polar surface area (TPSA) is 46.3 Å². The molecule has 0 spiro atoms. The maximum Gasteiger partial charge on any atom is 0.254 e. The van der Waals surface area contributed by atoms with E-state index in [1.165, 1.54) is 18.2 Å². The molecule has 0 bridgehead atoms. The van der Waals surface area contributed by atoms with Gasteiger partial charge in [-0.3, -0.25) is 4.79 Å². The van der Waals surface area contributed by atoms with Crippen LogP contribution in [0, 0.1) is 17.7 Å². The van der Waals surface area contributed by atoms with Crippen LogP contribution in [-0.4, -0.2) is 43.0 Å². The van der Waals surface area contributed by atoms with E-state index in [0.29, 0.717) is 17.7 Å². The standard InChI is InChI=1S/C14H17FN2OS/c1-17(8-9-19-2)14(18)13-6-5-12(15)10-11(13)4-3-7-16/h5-6,10H,7-9,16H2,1-2H3. The Morgan fingerprint density at radius 1 is 1.53 bits per heavy atom. The van der Waals surface area contributed by atoms with E-state index in [1.54, 1.807) is 23.7 Å². The number of amides is 1. The molecule has 0 aliphatic rings. The number of halogens is 1. The Bertz CT molecular complexity index is 508. The van der Waals surface area contributed by atoms with Gasteiger partial charge in [-0.2, -0.15) is 11.8 Å². The summed E-state index contributed by atoms with van der Waals surface area (Å²) in [6.07, 6.45) is 1.98. The molecule has 0 aliphatic heterocycles. The maximum absolute atomic E-state index is 13.2. The molecule has 1 aromatic rings. The van der Waals surface area contributed by atoms with Gasteiger partial charge in [0.25, 0.3) is 5.91 Å². The molecule has 0 saturated heterocycles. The van der Waals surface area contributed by atoms with Crippen LogP contribution in [0.3, 0.4) is 0 Å². The third-order valence-corrected chi connectivity index (χ3v) is 3.11. The highest BCUT2D eigenvalue weighted by atomic mass is 32.2. The van der Waals surface area contributed by atoms with Crippen molar-refractivity contribution in [2.45, 2.75) is 0 Å². The number of hydrogen-bond donors (Lipinski definition) is 1. The minimum atomic E-state index is -0.412. The zero-order chi connectivity index (χ0) is 14.3. The zero-order valence-corrected chi connectivity index (χ0v) is 11.9. The third kappa shape index (κ3) is 4.58. The Morgan fingerprint density at radius 2 is 2.26 bits per heavy atom. The number of carbonyl (C=O) groups excluding carboxylic acids is 1. The molecule has 2 N–H and O–H groups in total. The lowest BCUT2D eigenvalue weighted by Crippen LogP contribution is -2.29. The van der Waals surface area contributed by atoms with Crippen molar-refractivity contribution in [3.63, 3.8) is 0 Å². The Balaban J connectivity index is 3.01. The van der Waals surface area contributed by atoms with Gasteiger partial charge in [0.15, 0.2) is 0 Å². The molecular formula is C14H17FN2OS. The van der Waals surface area contributed by atoms with Gasteiger partial charge in [0.05, 0.1) is 12.1 Å². The van der Waals surface area contributed by atoms with E-state index in [4.69, 9.17) is 5.73 Å². The molecule has 1 amide bonds. The molecule has 3 nitrogen and oxygen atoms in total. The Hall–Kier alpha value is -1.51. The van der Waals surface area contributed by atoms with Gasteiger partial charge in [-0.05, 0) is 24.5 Å². The first kappa shape index (κ1) is 15.5. The Kier molecular flexibility index (Phi) is 6.40. The van der Waals surface area contributed by atoms with Crippen molar-refractivity contribution in [2.24, 2.45) is 5.73 Å². The fourth-order valence-electron chi connectivity index (χ4n) is 1.49. The monoisotopic (exact) mass is 280 g/mol. The molecule has 1 rings (SSSR count). The smallest absolute Gasteiger partial charge is 0.254 e. The highest BCUT2D eigenvalue weighted by molar-refractivity contribution is 7.98. The first-order valence-electron chi connectivity index (χ1n) is 5.83. The molecule has 19 heavy (non-hydrogen) atoms. The fraction of sp³-hybridized carbons (Fsp3) is 0.357. The van der Waals surface area contributed by atoms with Gasteiger partial charge in [-0.1, -0.05) is 11.8 Å². The second-order valence-corrected chi connectivity index (χ2v) is 4.90. The van der Waals surface area contributed by atoms with Crippen LogP contribution in [0.2, 0.25) is 0 Å². The number of rotatable bonds is 4. The van der Waals surface area contributed by atoms with Crippen LogP contribution in [0.1, 0.15) is 15.9 Å². The molecule has 0 radical (unpaired) electrons. The molecule has 0 aromatic heterocycles. The van der Waals surface area contributed by atoms with E-state index in [-0.39, 0.29) is 12.5 Å². The minimum Gasteiger partial charge on any atom is -0.341 e. The van der Waals surface area contributed by atoms with Gasteiger partial charge >= 0.3 is 0 Å². The van der Waals surface area contributed by atoms with Gasteiger partial charge in [0, 0.05) is 24.9 Å². The van der Waals surface area contributed by atoms with E-state index < -0.39 is 5.82 Å². The molecule has 0 aliphatic carbocycles. The lowest BCUT2D eigenvalue weighted by Gasteiger charge is -2.17. The van der Waals surface area contributed by atoms with Gasteiger partial charge in [-0.25, -0.2) is 4.39 Å². The molecule has 5 heteroatoms. The number of nitrogens with two attached hydrogens (primary N) is 1. The molecule has 0 saturated carbocycles. The normalized spacial score (nSPS) is 9.68. The summed E-state index contributed by atoms with van der Waals surface area (Å²) in [5.41, 5.74) is 6.09. The van der Waals surface area contributed by atoms with Crippen molar-refractivity contribution >= 4 is 17.7 Å². The minimum absolute atomic E-state index is 0.157. The molecule has 0 fully saturated rings. The largest absolute Gasteiger partial charge is 0.341 e. The van der Waals surface area contributed by atoms with Crippen LogP contribution in [-0.2, 0) is 0 Å². The Labute approximate surface area is 117 Å². The number of nitrogens with zero attached hydrogens (tertiary/aromatic N) is 1. The quantitative estimate of drug-likeness (QED) is 0.852. The van der Waals surface area contributed by atoms with Crippen LogP contribution in [0.5, 0.6) is 0 Å². The molecule has 0 atom stereocenters. The van der Waals surface area contributed by atoms with Crippen molar-refractivity contribution in [2.75, 3.05) is 32.1 Å². The first-order chi connectivity index (χ1) is 9.10. The van der Waals surface area contributed by atoms with Crippen LogP contribution < -0.4 is 5.73 Å². The van der Waals surface area contributed by atoms with Crippen molar-refractivity contribution in [1.29, 1.82) is 0 Å². The van der Waals surface area contributed by atoms with Crippen LogP contribution in [0.15, 0.2) is 18.2 Å². The predicted octanol–water partition coefficient (Wildman–Crippen LogP) is 1.57.